The van der Waals surface area contributed by atoms with Gasteiger partial charge in [0, 0.05) is 49.4 Å². The first-order valence-electron chi connectivity index (χ1n) is 9.09. The highest BCUT2D eigenvalue weighted by Gasteiger charge is 2.27. The van der Waals surface area contributed by atoms with Crippen molar-refractivity contribution in [1.82, 2.24) is 9.88 Å². The Labute approximate surface area is 159 Å². The normalized spacial score (nSPS) is 15.1. The molecule has 2 aromatic rings. The Morgan fingerprint density at radius 3 is 2.41 bits per heavy atom. The average molecular weight is 373 g/mol. The van der Waals surface area contributed by atoms with Crippen LogP contribution in [0.2, 0.25) is 0 Å². The van der Waals surface area contributed by atoms with Gasteiger partial charge in [-0.15, -0.1) is 0 Å². The molecular weight excluding hydrogens is 346 g/mol. The van der Waals surface area contributed by atoms with E-state index in [0.29, 0.717) is 42.8 Å². The fourth-order valence-corrected chi connectivity index (χ4v) is 3.22. The van der Waals surface area contributed by atoms with Gasteiger partial charge >= 0.3 is 6.09 Å². The fraction of sp³-hybridized carbons (Fsp3) is 0.500. The maximum Gasteiger partial charge on any atom is 0.410 e. The number of aromatic hydroxyl groups is 1. The van der Waals surface area contributed by atoms with Crippen molar-refractivity contribution in [2.75, 3.05) is 38.2 Å². The van der Waals surface area contributed by atoms with Gasteiger partial charge in [0.2, 0.25) is 0 Å². The monoisotopic (exact) mass is 373 g/mol. The van der Waals surface area contributed by atoms with Gasteiger partial charge in [-0.25, -0.2) is 4.79 Å². The highest BCUT2D eigenvalue weighted by atomic mass is 16.6. The van der Waals surface area contributed by atoms with Gasteiger partial charge in [-0.1, -0.05) is 0 Å². The van der Waals surface area contributed by atoms with E-state index in [1.165, 1.54) is 0 Å². The molecule has 0 atom stereocenters. The molecule has 7 heteroatoms. The average Bonchev–Trinajstić information content (AvgIpc) is 2.59. The van der Waals surface area contributed by atoms with E-state index in [9.17, 15) is 9.90 Å². The zero-order valence-electron chi connectivity index (χ0n) is 16.6. The second kappa shape index (κ2) is 7.13. The van der Waals surface area contributed by atoms with Crippen LogP contribution in [0.3, 0.4) is 0 Å². The summed E-state index contributed by atoms with van der Waals surface area (Å²) in [6, 6.07) is 5.40. The summed E-state index contributed by atoms with van der Waals surface area (Å²) in [7, 11) is 1.62. The number of hydrogen-bond donors (Lipinski definition) is 1. The van der Waals surface area contributed by atoms with Crippen LogP contribution in [0.15, 0.2) is 18.2 Å². The number of benzene rings is 1. The lowest BCUT2D eigenvalue weighted by molar-refractivity contribution is 0.0240. The van der Waals surface area contributed by atoms with Crippen LogP contribution in [0.5, 0.6) is 11.5 Å². The van der Waals surface area contributed by atoms with Crippen molar-refractivity contribution in [1.29, 1.82) is 0 Å². The van der Waals surface area contributed by atoms with Crippen LogP contribution >= 0.6 is 0 Å². The molecule has 146 valence electrons. The van der Waals surface area contributed by atoms with Gasteiger partial charge < -0.3 is 24.4 Å². The van der Waals surface area contributed by atoms with Crippen LogP contribution in [-0.2, 0) is 4.74 Å². The Hall–Kier alpha value is -2.70. The minimum atomic E-state index is -0.502. The Bertz CT molecular complexity index is 852. The standard InChI is InChI=1S/C20H27N3O4/c1-13-10-17(24)14-11-16(18(26-5)12-15(14)21-13)22-6-8-23(9-7-22)19(25)27-20(2,3)4/h10-12H,6-9H2,1-5H3,(H,21,24). The van der Waals surface area contributed by atoms with E-state index in [0.717, 1.165) is 11.4 Å². The number of piperazine rings is 1. The molecule has 1 amide bonds. The topological polar surface area (TPSA) is 75.1 Å². The van der Waals surface area contributed by atoms with Crippen LogP contribution < -0.4 is 9.64 Å². The van der Waals surface area contributed by atoms with Crippen LogP contribution in [-0.4, -0.2) is 60.0 Å². The summed E-state index contributed by atoms with van der Waals surface area (Å²) in [6.07, 6.45) is -0.287. The quantitative estimate of drug-likeness (QED) is 0.870. The lowest BCUT2D eigenvalue weighted by Gasteiger charge is -2.37. The fourth-order valence-electron chi connectivity index (χ4n) is 3.22. The van der Waals surface area contributed by atoms with Gasteiger partial charge in [0.15, 0.2) is 0 Å². The van der Waals surface area contributed by atoms with Crippen molar-refractivity contribution in [3.05, 3.63) is 23.9 Å². The summed E-state index contributed by atoms with van der Waals surface area (Å²) >= 11 is 0. The highest BCUT2D eigenvalue weighted by Crippen LogP contribution is 2.36. The highest BCUT2D eigenvalue weighted by molar-refractivity contribution is 5.91. The van der Waals surface area contributed by atoms with E-state index in [2.05, 4.69) is 9.88 Å². The van der Waals surface area contributed by atoms with Gasteiger partial charge in [0.05, 0.1) is 18.3 Å². The third-order valence-corrected chi connectivity index (χ3v) is 4.49. The number of aryl methyl sites for hydroxylation is 1. The van der Waals surface area contributed by atoms with Crippen molar-refractivity contribution in [3.8, 4) is 11.5 Å². The number of pyridine rings is 1. The van der Waals surface area contributed by atoms with Gasteiger partial charge in [-0.2, -0.15) is 0 Å². The van der Waals surface area contributed by atoms with Crippen molar-refractivity contribution < 1.29 is 19.4 Å². The predicted octanol–water partition coefficient (Wildman–Crippen LogP) is 3.31. The number of nitrogens with zero attached hydrogens (tertiary/aromatic N) is 3. The maximum atomic E-state index is 12.3. The molecule has 1 fully saturated rings. The number of carbonyl (C=O) groups is 1. The third kappa shape index (κ3) is 4.18. The maximum absolute atomic E-state index is 12.3. The molecule has 0 spiro atoms. The molecule has 0 saturated carbocycles. The number of aromatic nitrogens is 1. The molecular formula is C20H27N3O4. The Morgan fingerprint density at radius 2 is 1.81 bits per heavy atom. The van der Waals surface area contributed by atoms with Crippen LogP contribution in [0, 0.1) is 6.92 Å². The lowest BCUT2D eigenvalue weighted by Crippen LogP contribution is -2.50. The number of methoxy groups -OCH3 is 1. The summed E-state index contributed by atoms with van der Waals surface area (Å²) in [4.78, 5) is 20.6. The molecule has 1 aromatic heterocycles. The molecule has 1 saturated heterocycles. The second-order valence-corrected chi connectivity index (χ2v) is 7.78. The zero-order valence-corrected chi connectivity index (χ0v) is 16.6. The Balaban J connectivity index is 1.81. The summed E-state index contributed by atoms with van der Waals surface area (Å²) in [5.41, 5.74) is 1.83. The van der Waals surface area contributed by atoms with Crippen molar-refractivity contribution in [2.45, 2.75) is 33.3 Å². The van der Waals surface area contributed by atoms with Crippen molar-refractivity contribution >= 4 is 22.7 Å². The third-order valence-electron chi connectivity index (χ3n) is 4.49. The van der Waals surface area contributed by atoms with E-state index in [-0.39, 0.29) is 11.8 Å². The summed E-state index contributed by atoms with van der Waals surface area (Å²) in [5.74, 6) is 0.902. The van der Waals surface area contributed by atoms with E-state index in [4.69, 9.17) is 9.47 Å². The Kier molecular flexibility index (Phi) is 5.04. The number of fused-ring (bicyclic) bond motifs is 1. The van der Waals surface area contributed by atoms with Crippen molar-refractivity contribution in [2.24, 2.45) is 0 Å². The molecule has 3 rings (SSSR count). The first-order valence-corrected chi connectivity index (χ1v) is 9.09. The predicted molar refractivity (Wildman–Crippen MR) is 105 cm³/mol. The molecule has 27 heavy (non-hydrogen) atoms. The minimum absolute atomic E-state index is 0.203. The number of rotatable bonds is 2. The molecule has 0 radical (unpaired) electrons. The number of ether oxygens (including phenoxy) is 2. The van der Waals surface area contributed by atoms with E-state index in [1.54, 1.807) is 18.1 Å². The largest absolute Gasteiger partial charge is 0.507 e. The van der Waals surface area contributed by atoms with Crippen LogP contribution in [0.25, 0.3) is 10.9 Å². The van der Waals surface area contributed by atoms with E-state index in [1.807, 2.05) is 39.8 Å². The van der Waals surface area contributed by atoms with Crippen LogP contribution in [0.4, 0.5) is 10.5 Å². The summed E-state index contributed by atoms with van der Waals surface area (Å²) in [5, 5.41) is 11.0. The van der Waals surface area contributed by atoms with Gasteiger partial charge in [-0.3, -0.25) is 4.98 Å². The lowest BCUT2D eigenvalue weighted by atomic mass is 10.1. The van der Waals surface area contributed by atoms with Crippen LogP contribution in [0.1, 0.15) is 26.5 Å². The molecule has 7 nitrogen and oxygen atoms in total. The van der Waals surface area contributed by atoms with E-state index >= 15 is 0 Å². The first-order chi connectivity index (χ1) is 12.7. The van der Waals surface area contributed by atoms with Gasteiger partial charge in [0.25, 0.3) is 0 Å². The number of hydrogen-bond acceptors (Lipinski definition) is 6. The molecule has 1 aromatic carbocycles. The smallest absolute Gasteiger partial charge is 0.410 e. The SMILES string of the molecule is COc1cc2nc(C)cc(O)c2cc1N1CCN(C(=O)OC(C)(C)C)CC1. The summed E-state index contributed by atoms with van der Waals surface area (Å²) in [6.45, 7) is 9.87. The first kappa shape index (κ1) is 19.1. The molecule has 1 N–H and O–H groups in total. The van der Waals surface area contributed by atoms with Gasteiger partial charge in [0.1, 0.15) is 17.1 Å². The molecule has 0 unspecified atom stereocenters. The summed E-state index contributed by atoms with van der Waals surface area (Å²) < 4.78 is 11.0. The van der Waals surface area contributed by atoms with Gasteiger partial charge in [-0.05, 0) is 33.8 Å². The molecule has 2 heterocycles. The Morgan fingerprint density at radius 1 is 1.15 bits per heavy atom. The zero-order chi connectivity index (χ0) is 19.8. The molecule has 1 aliphatic heterocycles. The van der Waals surface area contributed by atoms with Crippen molar-refractivity contribution in [3.63, 3.8) is 0 Å². The number of carbonyl (C=O) groups excluding carboxylic acids is 1. The molecule has 0 aliphatic carbocycles. The minimum Gasteiger partial charge on any atom is -0.507 e. The number of anilines is 1. The number of amides is 1. The molecule has 0 bridgehead atoms. The molecule has 1 aliphatic rings. The van der Waals surface area contributed by atoms with E-state index < -0.39 is 5.60 Å². The second-order valence-electron chi connectivity index (χ2n) is 7.78.